The Morgan fingerprint density at radius 3 is 2.72 bits per heavy atom. The van der Waals surface area contributed by atoms with Crippen LogP contribution < -0.4 is 5.32 Å². The first-order valence-electron chi connectivity index (χ1n) is 6.07. The first-order valence-corrected chi connectivity index (χ1v) is 6.82. The molecular formula is C12H17Cl2N3O. The third-order valence-corrected chi connectivity index (χ3v) is 3.50. The van der Waals surface area contributed by atoms with E-state index in [0.29, 0.717) is 0 Å². The van der Waals surface area contributed by atoms with Crippen molar-refractivity contribution >= 4 is 34.9 Å². The summed E-state index contributed by atoms with van der Waals surface area (Å²) in [6.07, 6.45) is 5.04. The lowest BCUT2D eigenvalue weighted by Gasteiger charge is -2.14. The fourth-order valence-electron chi connectivity index (χ4n) is 1.63. The van der Waals surface area contributed by atoms with Gasteiger partial charge in [0, 0.05) is 5.92 Å². The summed E-state index contributed by atoms with van der Waals surface area (Å²) >= 11 is 11.7. The molecule has 1 unspecified atom stereocenters. The molecule has 1 aromatic heterocycles. The van der Waals surface area contributed by atoms with Crippen molar-refractivity contribution in [3.8, 4) is 0 Å². The van der Waals surface area contributed by atoms with Gasteiger partial charge in [0.25, 0.3) is 0 Å². The van der Waals surface area contributed by atoms with Crippen molar-refractivity contribution in [2.45, 2.75) is 39.5 Å². The molecule has 0 aromatic carbocycles. The van der Waals surface area contributed by atoms with Crippen LogP contribution in [-0.4, -0.2) is 15.9 Å². The number of carbonyl (C=O) groups is 1. The maximum absolute atomic E-state index is 12.0. The normalized spacial score (nSPS) is 12.2. The van der Waals surface area contributed by atoms with Gasteiger partial charge in [0.1, 0.15) is 11.3 Å². The Morgan fingerprint density at radius 2 is 2.11 bits per heavy atom. The molecule has 0 bridgehead atoms. The highest BCUT2D eigenvalue weighted by Crippen LogP contribution is 2.26. The Kier molecular flexibility index (Phi) is 6.36. The molecule has 0 saturated carbocycles. The topological polar surface area (TPSA) is 54.9 Å². The molecule has 4 nitrogen and oxygen atoms in total. The van der Waals surface area contributed by atoms with Crippen molar-refractivity contribution < 1.29 is 4.79 Å². The third-order valence-electron chi connectivity index (χ3n) is 2.76. The van der Waals surface area contributed by atoms with E-state index in [-0.39, 0.29) is 27.8 Å². The molecule has 18 heavy (non-hydrogen) atoms. The van der Waals surface area contributed by atoms with Crippen molar-refractivity contribution in [1.29, 1.82) is 0 Å². The molecular weight excluding hydrogens is 273 g/mol. The Hall–Kier alpha value is -0.870. The van der Waals surface area contributed by atoms with Gasteiger partial charge in [-0.3, -0.25) is 4.79 Å². The van der Waals surface area contributed by atoms with E-state index in [2.05, 4.69) is 22.2 Å². The number of unbranched alkanes of at least 4 members (excludes halogenated alkanes) is 1. The monoisotopic (exact) mass is 289 g/mol. The van der Waals surface area contributed by atoms with E-state index < -0.39 is 0 Å². The summed E-state index contributed by atoms with van der Waals surface area (Å²) in [5.74, 6) is 0.189. The van der Waals surface area contributed by atoms with Gasteiger partial charge in [0.05, 0.1) is 0 Å². The van der Waals surface area contributed by atoms with Crippen LogP contribution in [-0.2, 0) is 4.79 Å². The van der Waals surface area contributed by atoms with Crippen molar-refractivity contribution in [3.05, 3.63) is 16.5 Å². The number of carbonyl (C=O) groups excluding carboxylic acids is 1. The number of amides is 1. The summed E-state index contributed by atoms with van der Waals surface area (Å²) in [5.41, 5.74) is 0. The average Bonchev–Trinajstić information content (AvgIpc) is 2.36. The van der Waals surface area contributed by atoms with Gasteiger partial charge in [-0.25, -0.2) is 9.97 Å². The molecule has 1 rings (SSSR count). The quantitative estimate of drug-likeness (QED) is 0.807. The van der Waals surface area contributed by atoms with E-state index in [1.165, 1.54) is 6.33 Å². The van der Waals surface area contributed by atoms with E-state index >= 15 is 0 Å². The second-order valence-corrected chi connectivity index (χ2v) is 4.80. The van der Waals surface area contributed by atoms with Crippen LogP contribution >= 0.6 is 23.2 Å². The molecule has 0 radical (unpaired) electrons. The second kappa shape index (κ2) is 7.54. The number of hydrogen-bond donors (Lipinski definition) is 1. The van der Waals surface area contributed by atoms with Crippen molar-refractivity contribution in [2.75, 3.05) is 5.32 Å². The number of anilines is 1. The highest BCUT2D eigenvalue weighted by atomic mass is 35.5. The molecule has 0 spiro atoms. The van der Waals surface area contributed by atoms with E-state index in [4.69, 9.17) is 23.2 Å². The predicted octanol–water partition coefficient (Wildman–Crippen LogP) is 3.94. The molecule has 0 aliphatic heterocycles. The highest BCUT2D eigenvalue weighted by molar-refractivity contribution is 6.42. The summed E-state index contributed by atoms with van der Waals surface area (Å²) < 4.78 is 0. The number of halogens is 2. The Labute approximate surface area is 117 Å². The number of nitrogens with zero attached hydrogens (tertiary/aromatic N) is 2. The zero-order valence-electron chi connectivity index (χ0n) is 10.5. The SMILES string of the molecule is CCCCC(CC)C(=O)Nc1ncnc(Cl)c1Cl. The van der Waals surface area contributed by atoms with Crippen molar-refractivity contribution in [2.24, 2.45) is 5.92 Å². The minimum absolute atomic E-state index is 0.0187. The van der Waals surface area contributed by atoms with Gasteiger partial charge in [-0.1, -0.05) is 49.9 Å². The zero-order valence-corrected chi connectivity index (χ0v) is 12.1. The lowest BCUT2D eigenvalue weighted by Crippen LogP contribution is -2.23. The van der Waals surface area contributed by atoms with Crippen LogP contribution in [0.15, 0.2) is 6.33 Å². The van der Waals surface area contributed by atoms with Crippen LogP contribution in [0.3, 0.4) is 0 Å². The van der Waals surface area contributed by atoms with Gasteiger partial charge in [-0.2, -0.15) is 0 Å². The van der Waals surface area contributed by atoms with Crippen LogP contribution in [0.25, 0.3) is 0 Å². The molecule has 1 atom stereocenters. The lowest BCUT2D eigenvalue weighted by molar-refractivity contribution is -0.120. The van der Waals surface area contributed by atoms with Crippen LogP contribution in [0.4, 0.5) is 5.82 Å². The first kappa shape index (κ1) is 15.2. The van der Waals surface area contributed by atoms with Gasteiger partial charge in [0.15, 0.2) is 11.0 Å². The number of aromatic nitrogens is 2. The van der Waals surface area contributed by atoms with Gasteiger partial charge >= 0.3 is 0 Å². The van der Waals surface area contributed by atoms with Crippen molar-refractivity contribution in [3.63, 3.8) is 0 Å². The van der Waals surface area contributed by atoms with Crippen LogP contribution in [0, 0.1) is 5.92 Å². The van der Waals surface area contributed by atoms with E-state index in [1.54, 1.807) is 0 Å². The molecule has 0 aliphatic rings. The fraction of sp³-hybridized carbons (Fsp3) is 0.583. The maximum atomic E-state index is 12.0. The predicted molar refractivity (Wildman–Crippen MR) is 74.0 cm³/mol. The minimum atomic E-state index is -0.0670. The van der Waals surface area contributed by atoms with E-state index in [9.17, 15) is 4.79 Å². The van der Waals surface area contributed by atoms with Crippen LogP contribution in [0.2, 0.25) is 10.2 Å². The summed E-state index contributed by atoms with van der Waals surface area (Å²) in [4.78, 5) is 19.7. The molecule has 1 heterocycles. The molecule has 1 amide bonds. The highest BCUT2D eigenvalue weighted by Gasteiger charge is 2.18. The Morgan fingerprint density at radius 1 is 1.39 bits per heavy atom. The zero-order chi connectivity index (χ0) is 13.5. The minimum Gasteiger partial charge on any atom is -0.309 e. The largest absolute Gasteiger partial charge is 0.309 e. The lowest BCUT2D eigenvalue weighted by atomic mass is 9.98. The van der Waals surface area contributed by atoms with E-state index in [0.717, 1.165) is 25.7 Å². The van der Waals surface area contributed by atoms with E-state index in [1.807, 2.05) is 6.92 Å². The molecule has 100 valence electrons. The van der Waals surface area contributed by atoms with Gasteiger partial charge in [-0.15, -0.1) is 0 Å². The second-order valence-electron chi connectivity index (χ2n) is 4.06. The van der Waals surface area contributed by atoms with Crippen LogP contribution in [0.5, 0.6) is 0 Å². The first-order chi connectivity index (χ1) is 8.60. The Bertz CT molecular complexity index is 412. The number of hydrogen-bond acceptors (Lipinski definition) is 3. The summed E-state index contributed by atoms with van der Waals surface area (Å²) in [6, 6.07) is 0. The van der Waals surface area contributed by atoms with Gasteiger partial charge in [-0.05, 0) is 12.8 Å². The average molecular weight is 290 g/mol. The van der Waals surface area contributed by atoms with Crippen molar-refractivity contribution in [1.82, 2.24) is 9.97 Å². The fourth-order valence-corrected chi connectivity index (χ4v) is 1.90. The van der Waals surface area contributed by atoms with Crippen LogP contribution in [0.1, 0.15) is 39.5 Å². The molecule has 1 N–H and O–H groups in total. The summed E-state index contributed by atoms with van der Waals surface area (Å²) in [5, 5.41) is 3.03. The summed E-state index contributed by atoms with van der Waals surface area (Å²) in [7, 11) is 0. The Balaban J connectivity index is 2.70. The third kappa shape index (κ3) is 4.10. The number of rotatable bonds is 6. The molecule has 6 heteroatoms. The number of nitrogens with one attached hydrogen (secondary N) is 1. The maximum Gasteiger partial charge on any atom is 0.228 e. The standard InChI is InChI=1S/C12H17Cl2N3O/c1-3-5-6-8(4-2)12(18)17-11-9(13)10(14)15-7-16-11/h7-8H,3-6H2,1-2H3,(H,15,16,17,18). The molecule has 0 fully saturated rings. The smallest absolute Gasteiger partial charge is 0.228 e. The van der Waals surface area contributed by atoms with Gasteiger partial charge < -0.3 is 5.32 Å². The summed E-state index contributed by atoms with van der Waals surface area (Å²) in [6.45, 7) is 4.10. The molecule has 1 aromatic rings. The van der Waals surface area contributed by atoms with Gasteiger partial charge in [0.2, 0.25) is 5.91 Å². The molecule has 0 saturated heterocycles. The molecule has 0 aliphatic carbocycles.